The minimum atomic E-state index is -4.43. The molecule has 0 N–H and O–H groups in total. The van der Waals surface area contributed by atoms with E-state index in [0.29, 0.717) is 9.13 Å². The third-order valence-corrected chi connectivity index (χ3v) is 3.01. The molecule has 0 fully saturated rings. The number of halogens is 5. The van der Waals surface area contributed by atoms with Crippen molar-refractivity contribution in [1.82, 2.24) is 0 Å². The van der Waals surface area contributed by atoms with Crippen LogP contribution < -0.4 is 0 Å². The summed E-state index contributed by atoms with van der Waals surface area (Å²) >= 11 is 7.28. The van der Waals surface area contributed by atoms with Crippen molar-refractivity contribution in [2.45, 2.75) is 12.1 Å². The zero-order chi connectivity index (χ0) is 11.6. The Morgan fingerprint density at radius 3 is 2.40 bits per heavy atom. The first-order chi connectivity index (χ1) is 6.90. The topological polar surface area (TPSA) is 23.8 Å². The normalized spacial score (nSPS) is 11.2. The quantitative estimate of drug-likeness (QED) is 0.559. The van der Waals surface area contributed by atoms with Gasteiger partial charge in [-0.05, 0) is 40.3 Å². The molecule has 1 rings (SSSR count). The van der Waals surface area contributed by atoms with Gasteiger partial charge in [-0.3, -0.25) is 0 Å². The van der Waals surface area contributed by atoms with Crippen LogP contribution in [0.25, 0.3) is 0 Å². The lowest BCUT2D eigenvalue weighted by atomic mass is 10.1. The minimum absolute atomic E-state index is 0.0239. The maximum Gasteiger partial charge on any atom is 0.416 e. The highest BCUT2D eigenvalue weighted by Crippen LogP contribution is 2.33. The second kappa shape index (κ2) is 4.58. The van der Waals surface area contributed by atoms with Gasteiger partial charge in [0.2, 0.25) is 0 Å². The molecule has 6 heteroatoms. The van der Waals surface area contributed by atoms with E-state index in [2.05, 4.69) is 0 Å². The molecule has 15 heavy (non-hydrogen) atoms. The Hall–Kier alpha value is -0.480. The molecule has 0 radical (unpaired) electrons. The lowest BCUT2D eigenvalue weighted by Gasteiger charge is -2.10. The molecule has 0 heterocycles. The Morgan fingerprint density at radius 2 is 2.00 bits per heavy atom. The zero-order valence-corrected chi connectivity index (χ0v) is 10.1. The molecule has 0 aliphatic rings. The third kappa shape index (κ3) is 2.75. The van der Waals surface area contributed by atoms with Crippen LogP contribution in [0, 0.1) is 14.9 Å². The number of benzene rings is 1. The molecule has 80 valence electrons. The predicted octanol–water partition coefficient (Wildman–Crippen LogP) is 3.92. The molecule has 0 aromatic heterocycles. The zero-order valence-electron chi connectivity index (χ0n) is 7.20. The Bertz CT molecular complexity index is 423. The van der Waals surface area contributed by atoms with Crippen LogP contribution in [0.2, 0.25) is 0 Å². The first-order valence-corrected chi connectivity index (χ1v) is 5.37. The summed E-state index contributed by atoms with van der Waals surface area (Å²) < 4.78 is 37.5. The second-order valence-electron chi connectivity index (χ2n) is 2.73. The summed E-state index contributed by atoms with van der Waals surface area (Å²) in [5.74, 6) is 0.0271. The molecule has 1 nitrogen and oxygen atoms in total. The first kappa shape index (κ1) is 12.6. The molecular formula is C9H4ClF3IN. The fraction of sp³-hybridized carbons (Fsp3) is 0.222. The standard InChI is InChI=1S/C9H4ClF3IN/c10-3-7-5(4-15)1-6(2-8(7)14)9(11,12)13/h1-2H,3H2. The van der Waals surface area contributed by atoms with E-state index >= 15 is 0 Å². The smallest absolute Gasteiger partial charge is 0.192 e. The van der Waals surface area contributed by atoms with Crippen LogP contribution in [0.5, 0.6) is 0 Å². The number of nitrogens with zero attached hydrogens (tertiary/aromatic N) is 1. The van der Waals surface area contributed by atoms with E-state index in [1.807, 2.05) is 0 Å². The third-order valence-electron chi connectivity index (χ3n) is 1.78. The fourth-order valence-electron chi connectivity index (χ4n) is 1.04. The van der Waals surface area contributed by atoms with Gasteiger partial charge in [0.25, 0.3) is 0 Å². The van der Waals surface area contributed by atoms with Gasteiger partial charge in [-0.2, -0.15) is 18.4 Å². The second-order valence-corrected chi connectivity index (χ2v) is 4.16. The predicted molar refractivity (Wildman–Crippen MR) is 58.4 cm³/mol. The number of rotatable bonds is 1. The van der Waals surface area contributed by atoms with E-state index < -0.39 is 11.7 Å². The van der Waals surface area contributed by atoms with Gasteiger partial charge < -0.3 is 0 Å². The Kier molecular flexibility index (Phi) is 3.84. The van der Waals surface area contributed by atoms with Crippen molar-refractivity contribution in [3.63, 3.8) is 0 Å². The van der Waals surface area contributed by atoms with Crippen molar-refractivity contribution in [2.24, 2.45) is 0 Å². The molecule has 0 unspecified atom stereocenters. The van der Waals surface area contributed by atoms with Crippen LogP contribution in [0.4, 0.5) is 13.2 Å². The number of nitriles is 1. The highest BCUT2D eigenvalue weighted by atomic mass is 127. The summed E-state index contributed by atoms with van der Waals surface area (Å²) in [7, 11) is 0. The number of hydrogen-bond acceptors (Lipinski definition) is 1. The van der Waals surface area contributed by atoms with E-state index in [9.17, 15) is 13.2 Å². The summed E-state index contributed by atoms with van der Waals surface area (Å²) in [4.78, 5) is 0. The van der Waals surface area contributed by atoms with Gasteiger partial charge >= 0.3 is 6.18 Å². The van der Waals surface area contributed by atoms with E-state index in [1.165, 1.54) is 0 Å². The summed E-state index contributed by atoms with van der Waals surface area (Å²) in [6.45, 7) is 0. The van der Waals surface area contributed by atoms with Crippen molar-refractivity contribution in [3.8, 4) is 6.07 Å². The van der Waals surface area contributed by atoms with E-state index in [0.717, 1.165) is 12.1 Å². The minimum Gasteiger partial charge on any atom is -0.192 e. The van der Waals surface area contributed by atoms with Crippen LogP contribution in [0.1, 0.15) is 16.7 Å². The molecule has 0 saturated heterocycles. The fourth-order valence-corrected chi connectivity index (χ4v) is 2.37. The van der Waals surface area contributed by atoms with Gasteiger partial charge in [-0.25, -0.2) is 0 Å². The average molecular weight is 345 g/mol. The van der Waals surface area contributed by atoms with Gasteiger partial charge in [0.1, 0.15) is 0 Å². The number of hydrogen-bond donors (Lipinski definition) is 0. The Balaban J connectivity index is 3.41. The van der Waals surface area contributed by atoms with Gasteiger partial charge in [0.15, 0.2) is 0 Å². The first-order valence-electron chi connectivity index (χ1n) is 3.76. The molecule has 0 bridgehead atoms. The maximum atomic E-state index is 12.4. The van der Waals surface area contributed by atoms with Crippen LogP contribution in [-0.2, 0) is 12.1 Å². The molecule has 1 aromatic carbocycles. The van der Waals surface area contributed by atoms with E-state index in [-0.39, 0.29) is 11.4 Å². The van der Waals surface area contributed by atoms with Crippen LogP contribution in [0.15, 0.2) is 12.1 Å². The SMILES string of the molecule is N#Cc1cc(C(F)(F)F)cc(I)c1CCl. The van der Waals surface area contributed by atoms with Crippen molar-refractivity contribution >= 4 is 34.2 Å². The monoisotopic (exact) mass is 345 g/mol. The van der Waals surface area contributed by atoms with Crippen LogP contribution in [0.3, 0.4) is 0 Å². The molecule has 0 saturated carbocycles. The van der Waals surface area contributed by atoms with E-state index in [4.69, 9.17) is 16.9 Å². The molecule has 0 aliphatic carbocycles. The maximum absolute atomic E-state index is 12.4. The highest BCUT2D eigenvalue weighted by Gasteiger charge is 2.31. The van der Waals surface area contributed by atoms with Crippen molar-refractivity contribution in [3.05, 3.63) is 32.4 Å². The van der Waals surface area contributed by atoms with Crippen LogP contribution >= 0.6 is 34.2 Å². The molecule has 0 spiro atoms. The van der Waals surface area contributed by atoms with Crippen LogP contribution in [-0.4, -0.2) is 0 Å². The lowest BCUT2D eigenvalue weighted by Crippen LogP contribution is -2.07. The average Bonchev–Trinajstić information content (AvgIpc) is 2.15. The Morgan fingerprint density at radius 1 is 1.40 bits per heavy atom. The van der Waals surface area contributed by atoms with Gasteiger partial charge in [0, 0.05) is 9.45 Å². The summed E-state index contributed by atoms with van der Waals surface area (Å²) in [6.07, 6.45) is -4.43. The molecule has 0 atom stereocenters. The lowest BCUT2D eigenvalue weighted by molar-refractivity contribution is -0.137. The number of alkyl halides is 4. The van der Waals surface area contributed by atoms with Gasteiger partial charge in [-0.15, -0.1) is 11.6 Å². The van der Waals surface area contributed by atoms with Crippen molar-refractivity contribution in [1.29, 1.82) is 5.26 Å². The molecule has 0 aliphatic heterocycles. The largest absolute Gasteiger partial charge is 0.416 e. The van der Waals surface area contributed by atoms with Gasteiger partial charge in [0.05, 0.1) is 17.2 Å². The summed E-state index contributed by atoms with van der Waals surface area (Å²) in [6, 6.07) is 3.52. The summed E-state index contributed by atoms with van der Waals surface area (Å²) in [5, 5.41) is 8.68. The van der Waals surface area contributed by atoms with E-state index in [1.54, 1.807) is 28.7 Å². The molecule has 0 amide bonds. The molecular weight excluding hydrogens is 341 g/mol. The summed E-state index contributed by atoms with van der Waals surface area (Å²) in [5.41, 5.74) is -0.408. The van der Waals surface area contributed by atoms with Crippen molar-refractivity contribution < 1.29 is 13.2 Å². The Labute approximate surface area is 103 Å². The highest BCUT2D eigenvalue weighted by molar-refractivity contribution is 14.1. The van der Waals surface area contributed by atoms with Crippen molar-refractivity contribution in [2.75, 3.05) is 0 Å². The molecule has 1 aromatic rings. The van der Waals surface area contributed by atoms with Gasteiger partial charge in [-0.1, -0.05) is 0 Å².